The number of nitrogens with zero attached hydrogens (tertiary/aromatic N) is 2. The summed E-state index contributed by atoms with van der Waals surface area (Å²) in [6.45, 7) is 3.95. The molecule has 0 aliphatic carbocycles. The quantitative estimate of drug-likeness (QED) is 0.816. The summed E-state index contributed by atoms with van der Waals surface area (Å²) in [5.74, 6) is -0.0183. The average molecular weight is 234 g/mol. The Labute approximate surface area is 99.8 Å². The molecule has 3 nitrogen and oxygen atoms in total. The number of rotatable bonds is 3. The molecule has 17 heavy (non-hydrogen) atoms. The van der Waals surface area contributed by atoms with E-state index in [1.54, 1.807) is 29.8 Å². The zero-order valence-electron chi connectivity index (χ0n) is 10.2. The first-order valence-corrected chi connectivity index (χ1v) is 5.45. The largest absolute Gasteiger partial charge is 0.484 e. The van der Waals surface area contributed by atoms with Crippen molar-refractivity contribution in [2.24, 2.45) is 7.05 Å². The van der Waals surface area contributed by atoms with Crippen LogP contribution in [0.15, 0.2) is 24.3 Å². The van der Waals surface area contributed by atoms with E-state index in [-0.39, 0.29) is 11.6 Å². The standard InChI is InChI=1S/C13H15FN2O/c1-9-5-4-6-12(13(9)14)17-8-11-7-10(2)15-16(11)3/h4-7H,8H2,1-3H3. The molecule has 1 heterocycles. The van der Waals surface area contributed by atoms with Crippen molar-refractivity contribution in [1.29, 1.82) is 0 Å². The van der Waals surface area contributed by atoms with Gasteiger partial charge in [-0.05, 0) is 31.5 Å². The zero-order valence-corrected chi connectivity index (χ0v) is 10.2. The first kappa shape index (κ1) is 11.6. The normalized spacial score (nSPS) is 10.6. The lowest BCUT2D eigenvalue weighted by atomic mass is 10.2. The molecule has 0 unspecified atom stereocenters. The van der Waals surface area contributed by atoms with Gasteiger partial charge in [-0.1, -0.05) is 12.1 Å². The first-order chi connectivity index (χ1) is 8.08. The number of aromatic nitrogens is 2. The lowest BCUT2D eigenvalue weighted by Crippen LogP contribution is -2.04. The smallest absolute Gasteiger partial charge is 0.167 e. The van der Waals surface area contributed by atoms with Crippen molar-refractivity contribution >= 4 is 0 Å². The highest BCUT2D eigenvalue weighted by Crippen LogP contribution is 2.20. The highest BCUT2D eigenvalue weighted by Gasteiger charge is 2.07. The Hall–Kier alpha value is -1.84. The van der Waals surface area contributed by atoms with Gasteiger partial charge in [0.15, 0.2) is 11.6 Å². The molecular weight excluding hydrogens is 219 g/mol. The second kappa shape index (κ2) is 4.57. The van der Waals surface area contributed by atoms with E-state index >= 15 is 0 Å². The molecule has 90 valence electrons. The van der Waals surface area contributed by atoms with E-state index in [0.29, 0.717) is 12.2 Å². The van der Waals surface area contributed by atoms with Crippen LogP contribution in [-0.2, 0) is 13.7 Å². The van der Waals surface area contributed by atoms with Crippen LogP contribution in [-0.4, -0.2) is 9.78 Å². The summed E-state index contributed by atoms with van der Waals surface area (Å²) in [6, 6.07) is 7.05. The third kappa shape index (κ3) is 2.46. The van der Waals surface area contributed by atoms with E-state index in [0.717, 1.165) is 11.4 Å². The van der Waals surface area contributed by atoms with Crippen LogP contribution >= 0.6 is 0 Å². The molecule has 0 fully saturated rings. The van der Waals surface area contributed by atoms with Crippen LogP contribution in [0.5, 0.6) is 5.75 Å². The maximum Gasteiger partial charge on any atom is 0.167 e. The molecule has 4 heteroatoms. The number of hydrogen-bond donors (Lipinski definition) is 0. The Kier molecular flexibility index (Phi) is 3.13. The summed E-state index contributed by atoms with van der Waals surface area (Å²) in [7, 11) is 1.85. The molecule has 0 radical (unpaired) electrons. The molecule has 2 aromatic rings. The molecular formula is C13H15FN2O. The van der Waals surface area contributed by atoms with Gasteiger partial charge in [0.25, 0.3) is 0 Å². The molecule has 0 saturated heterocycles. The molecule has 0 saturated carbocycles. The highest BCUT2D eigenvalue weighted by molar-refractivity contribution is 5.30. The maximum atomic E-state index is 13.7. The lowest BCUT2D eigenvalue weighted by Gasteiger charge is -2.08. The minimum absolute atomic E-state index is 0.281. The van der Waals surface area contributed by atoms with Crippen LogP contribution in [0.25, 0.3) is 0 Å². The summed E-state index contributed by atoms with van der Waals surface area (Å²) in [5, 5.41) is 4.21. The number of hydrogen-bond acceptors (Lipinski definition) is 2. The molecule has 2 rings (SSSR count). The Morgan fingerprint density at radius 3 is 2.76 bits per heavy atom. The molecule has 0 spiro atoms. The molecule has 0 bridgehead atoms. The zero-order chi connectivity index (χ0) is 12.4. The van der Waals surface area contributed by atoms with Crippen molar-refractivity contribution in [3.63, 3.8) is 0 Å². The van der Waals surface area contributed by atoms with Gasteiger partial charge in [-0.3, -0.25) is 4.68 Å². The van der Waals surface area contributed by atoms with Gasteiger partial charge in [-0.2, -0.15) is 5.10 Å². The third-order valence-electron chi connectivity index (χ3n) is 2.63. The summed E-state index contributed by atoms with van der Waals surface area (Å²) in [5.41, 5.74) is 2.43. The summed E-state index contributed by atoms with van der Waals surface area (Å²) in [4.78, 5) is 0. The highest BCUT2D eigenvalue weighted by atomic mass is 19.1. The Balaban J connectivity index is 2.12. The summed E-state index contributed by atoms with van der Waals surface area (Å²) >= 11 is 0. The fourth-order valence-electron chi connectivity index (χ4n) is 1.68. The van der Waals surface area contributed by atoms with Gasteiger partial charge < -0.3 is 4.74 Å². The molecule has 0 aliphatic rings. The van der Waals surface area contributed by atoms with Gasteiger partial charge in [-0.15, -0.1) is 0 Å². The Bertz CT molecular complexity index is 534. The van der Waals surface area contributed by atoms with Gasteiger partial charge in [-0.25, -0.2) is 4.39 Å². The minimum atomic E-state index is -0.300. The van der Waals surface area contributed by atoms with Crippen molar-refractivity contribution in [1.82, 2.24) is 9.78 Å². The molecule has 0 N–H and O–H groups in total. The monoisotopic (exact) mass is 234 g/mol. The van der Waals surface area contributed by atoms with E-state index in [9.17, 15) is 4.39 Å². The van der Waals surface area contributed by atoms with Crippen LogP contribution < -0.4 is 4.74 Å². The number of halogens is 1. The molecule has 0 aliphatic heterocycles. The minimum Gasteiger partial charge on any atom is -0.484 e. The van der Waals surface area contributed by atoms with Crippen LogP contribution in [0.1, 0.15) is 17.0 Å². The molecule has 0 atom stereocenters. The van der Waals surface area contributed by atoms with E-state index in [4.69, 9.17) is 4.74 Å². The van der Waals surface area contributed by atoms with Crippen molar-refractivity contribution in [2.75, 3.05) is 0 Å². The van der Waals surface area contributed by atoms with Gasteiger partial charge >= 0.3 is 0 Å². The predicted octanol–water partition coefficient (Wildman–Crippen LogP) is 2.76. The summed E-state index contributed by atoms with van der Waals surface area (Å²) in [6.07, 6.45) is 0. The maximum absolute atomic E-state index is 13.7. The number of ether oxygens (including phenoxy) is 1. The number of benzene rings is 1. The Morgan fingerprint density at radius 1 is 1.35 bits per heavy atom. The second-order valence-corrected chi connectivity index (χ2v) is 4.08. The number of aryl methyl sites for hydroxylation is 3. The average Bonchev–Trinajstić information content (AvgIpc) is 2.60. The van der Waals surface area contributed by atoms with Gasteiger partial charge in [0, 0.05) is 7.05 Å². The SMILES string of the molecule is Cc1cc(COc2cccc(C)c2F)n(C)n1. The van der Waals surface area contributed by atoms with E-state index < -0.39 is 0 Å². The van der Waals surface area contributed by atoms with Crippen LogP contribution in [0.4, 0.5) is 4.39 Å². The van der Waals surface area contributed by atoms with E-state index in [1.165, 1.54) is 0 Å². The third-order valence-corrected chi connectivity index (χ3v) is 2.63. The van der Waals surface area contributed by atoms with Crippen molar-refractivity contribution in [2.45, 2.75) is 20.5 Å². The van der Waals surface area contributed by atoms with Gasteiger partial charge in [0.2, 0.25) is 0 Å². The van der Waals surface area contributed by atoms with Crippen LogP contribution in [0, 0.1) is 19.7 Å². The van der Waals surface area contributed by atoms with Gasteiger partial charge in [0.05, 0.1) is 11.4 Å². The van der Waals surface area contributed by atoms with Crippen LogP contribution in [0.2, 0.25) is 0 Å². The molecule has 1 aromatic heterocycles. The molecule has 0 amide bonds. The fraction of sp³-hybridized carbons (Fsp3) is 0.308. The van der Waals surface area contributed by atoms with Crippen molar-refractivity contribution < 1.29 is 9.13 Å². The van der Waals surface area contributed by atoms with Gasteiger partial charge in [0.1, 0.15) is 6.61 Å². The Morgan fingerprint density at radius 2 is 2.12 bits per heavy atom. The van der Waals surface area contributed by atoms with E-state index in [2.05, 4.69) is 5.10 Å². The predicted molar refractivity (Wildman–Crippen MR) is 63.4 cm³/mol. The van der Waals surface area contributed by atoms with Crippen molar-refractivity contribution in [3.8, 4) is 5.75 Å². The first-order valence-electron chi connectivity index (χ1n) is 5.45. The second-order valence-electron chi connectivity index (χ2n) is 4.08. The van der Waals surface area contributed by atoms with Crippen molar-refractivity contribution in [3.05, 3.63) is 47.0 Å². The van der Waals surface area contributed by atoms with E-state index in [1.807, 2.05) is 20.0 Å². The van der Waals surface area contributed by atoms with Crippen LogP contribution in [0.3, 0.4) is 0 Å². The topological polar surface area (TPSA) is 27.1 Å². The molecule has 1 aromatic carbocycles. The lowest BCUT2D eigenvalue weighted by molar-refractivity contribution is 0.279. The fourth-order valence-corrected chi connectivity index (χ4v) is 1.68. The summed E-state index contributed by atoms with van der Waals surface area (Å²) < 4.78 is 20.9.